The first kappa shape index (κ1) is 9.43. The fourth-order valence-corrected chi connectivity index (χ4v) is 1.78. The standard InChI is InChI=1S/C8H13N2OP/c1-12(2,11)8(9)7-4-3-5-10-6-7/h3-6,8H,9H2,1-2H3/t8-/m0/s1. The molecule has 0 bridgehead atoms. The minimum atomic E-state index is -2.24. The Kier molecular flexibility index (Phi) is 2.65. The summed E-state index contributed by atoms with van der Waals surface area (Å²) < 4.78 is 11.6. The molecule has 0 aliphatic heterocycles. The Hall–Kier alpha value is -0.660. The van der Waals surface area contributed by atoms with E-state index in [-0.39, 0.29) is 5.78 Å². The summed E-state index contributed by atoms with van der Waals surface area (Å²) in [6, 6.07) is 3.64. The zero-order valence-corrected chi connectivity index (χ0v) is 8.16. The highest BCUT2D eigenvalue weighted by Crippen LogP contribution is 2.48. The molecule has 3 nitrogen and oxygen atoms in total. The number of nitrogens with two attached hydrogens (primary N) is 1. The highest BCUT2D eigenvalue weighted by molar-refractivity contribution is 7.62. The van der Waals surface area contributed by atoms with Gasteiger partial charge in [-0.15, -0.1) is 0 Å². The van der Waals surface area contributed by atoms with Gasteiger partial charge >= 0.3 is 0 Å². The van der Waals surface area contributed by atoms with Crippen LogP contribution in [0.25, 0.3) is 0 Å². The van der Waals surface area contributed by atoms with E-state index in [1.54, 1.807) is 31.8 Å². The van der Waals surface area contributed by atoms with Crippen molar-refractivity contribution >= 4 is 7.14 Å². The maximum absolute atomic E-state index is 11.6. The summed E-state index contributed by atoms with van der Waals surface area (Å²) >= 11 is 0. The van der Waals surface area contributed by atoms with E-state index in [1.165, 1.54) is 0 Å². The van der Waals surface area contributed by atoms with Crippen molar-refractivity contribution in [3.05, 3.63) is 30.1 Å². The molecule has 0 aliphatic carbocycles. The molecule has 12 heavy (non-hydrogen) atoms. The van der Waals surface area contributed by atoms with Gasteiger partial charge in [-0.2, -0.15) is 0 Å². The van der Waals surface area contributed by atoms with Crippen LogP contribution in [0, 0.1) is 0 Å². The highest BCUT2D eigenvalue weighted by atomic mass is 31.2. The molecule has 0 spiro atoms. The van der Waals surface area contributed by atoms with Gasteiger partial charge in [0.05, 0.1) is 5.78 Å². The van der Waals surface area contributed by atoms with Gasteiger partial charge in [0.1, 0.15) is 7.14 Å². The van der Waals surface area contributed by atoms with Crippen molar-refractivity contribution in [3.63, 3.8) is 0 Å². The highest BCUT2D eigenvalue weighted by Gasteiger charge is 2.19. The summed E-state index contributed by atoms with van der Waals surface area (Å²) in [6.07, 6.45) is 3.33. The van der Waals surface area contributed by atoms with E-state index in [0.717, 1.165) is 5.56 Å². The molecule has 0 radical (unpaired) electrons. The topological polar surface area (TPSA) is 56.0 Å². The predicted octanol–water partition coefficient (Wildman–Crippen LogP) is 1.66. The quantitative estimate of drug-likeness (QED) is 0.711. The molecule has 0 unspecified atom stereocenters. The van der Waals surface area contributed by atoms with Crippen LogP contribution in [0.5, 0.6) is 0 Å². The normalized spacial score (nSPS) is 14.2. The molecule has 1 rings (SSSR count). The van der Waals surface area contributed by atoms with Crippen LogP contribution in [0.15, 0.2) is 24.5 Å². The van der Waals surface area contributed by atoms with Crippen LogP contribution in [-0.4, -0.2) is 18.3 Å². The van der Waals surface area contributed by atoms with Gasteiger partial charge < -0.3 is 10.3 Å². The Morgan fingerprint density at radius 1 is 1.58 bits per heavy atom. The molecule has 1 heterocycles. The first-order valence-electron chi connectivity index (χ1n) is 3.72. The number of rotatable bonds is 2. The fourth-order valence-electron chi connectivity index (χ4n) is 0.910. The third kappa shape index (κ3) is 2.16. The third-order valence-electron chi connectivity index (χ3n) is 1.70. The van der Waals surface area contributed by atoms with Crippen LogP contribution < -0.4 is 5.73 Å². The monoisotopic (exact) mass is 184 g/mol. The van der Waals surface area contributed by atoms with Crippen LogP contribution in [0.2, 0.25) is 0 Å². The predicted molar refractivity (Wildman–Crippen MR) is 50.6 cm³/mol. The minimum Gasteiger partial charge on any atom is -0.322 e. The molecule has 66 valence electrons. The van der Waals surface area contributed by atoms with Gasteiger partial charge in [-0.1, -0.05) is 6.07 Å². The van der Waals surface area contributed by atoms with Crippen LogP contribution in [0.3, 0.4) is 0 Å². The average molecular weight is 184 g/mol. The van der Waals surface area contributed by atoms with Gasteiger partial charge in [0, 0.05) is 12.4 Å². The van der Waals surface area contributed by atoms with E-state index in [0.29, 0.717) is 0 Å². The Labute approximate surface area is 72.4 Å². The molecule has 0 aromatic carbocycles. The van der Waals surface area contributed by atoms with Crippen LogP contribution in [0.1, 0.15) is 11.3 Å². The van der Waals surface area contributed by atoms with Crippen LogP contribution in [-0.2, 0) is 4.57 Å². The second-order valence-corrected chi connectivity index (χ2v) is 6.59. The zero-order chi connectivity index (χ0) is 9.19. The maximum Gasteiger partial charge on any atom is 0.102 e. The molecule has 1 atom stereocenters. The van der Waals surface area contributed by atoms with E-state index in [9.17, 15) is 4.57 Å². The first-order valence-corrected chi connectivity index (χ1v) is 6.39. The molecule has 0 saturated carbocycles. The van der Waals surface area contributed by atoms with E-state index in [1.807, 2.05) is 6.07 Å². The lowest BCUT2D eigenvalue weighted by Crippen LogP contribution is -2.09. The number of hydrogen-bond donors (Lipinski definition) is 1. The van der Waals surface area contributed by atoms with Crippen molar-refractivity contribution in [2.75, 3.05) is 13.3 Å². The Morgan fingerprint density at radius 2 is 2.25 bits per heavy atom. The first-order chi connectivity index (χ1) is 5.52. The van der Waals surface area contributed by atoms with Crippen molar-refractivity contribution in [1.82, 2.24) is 4.98 Å². The summed E-state index contributed by atoms with van der Waals surface area (Å²) in [5.41, 5.74) is 6.61. The number of aromatic nitrogens is 1. The molecular weight excluding hydrogens is 171 g/mol. The number of nitrogens with zero attached hydrogens (tertiary/aromatic N) is 1. The molecule has 2 N–H and O–H groups in total. The van der Waals surface area contributed by atoms with Crippen molar-refractivity contribution in [1.29, 1.82) is 0 Å². The molecule has 0 amide bonds. The molecule has 0 saturated heterocycles. The molecule has 1 aromatic rings. The van der Waals surface area contributed by atoms with Crippen LogP contribution >= 0.6 is 7.14 Å². The zero-order valence-electron chi connectivity index (χ0n) is 7.27. The van der Waals surface area contributed by atoms with Gasteiger partial charge in [0.25, 0.3) is 0 Å². The maximum atomic E-state index is 11.6. The van der Waals surface area contributed by atoms with E-state index in [4.69, 9.17) is 5.73 Å². The summed E-state index contributed by atoms with van der Waals surface area (Å²) in [4.78, 5) is 3.92. The minimum absolute atomic E-state index is 0.383. The second kappa shape index (κ2) is 3.38. The number of hydrogen-bond acceptors (Lipinski definition) is 3. The summed E-state index contributed by atoms with van der Waals surface area (Å²) in [7, 11) is -2.24. The van der Waals surface area contributed by atoms with Gasteiger partial charge in [0.2, 0.25) is 0 Å². The van der Waals surface area contributed by atoms with Gasteiger partial charge in [-0.25, -0.2) is 0 Å². The smallest absolute Gasteiger partial charge is 0.102 e. The van der Waals surface area contributed by atoms with E-state index in [2.05, 4.69) is 4.98 Å². The lowest BCUT2D eigenvalue weighted by atomic mass is 10.3. The van der Waals surface area contributed by atoms with Crippen molar-refractivity contribution in [2.24, 2.45) is 5.73 Å². The van der Waals surface area contributed by atoms with Crippen molar-refractivity contribution < 1.29 is 4.57 Å². The number of pyridine rings is 1. The summed E-state index contributed by atoms with van der Waals surface area (Å²) in [5.74, 6) is -0.383. The van der Waals surface area contributed by atoms with Gasteiger partial charge in [-0.05, 0) is 25.0 Å². The van der Waals surface area contributed by atoms with Crippen molar-refractivity contribution in [3.8, 4) is 0 Å². The Morgan fingerprint density at radius 3 is 2.67 bits per heavy atom. The largest absolute Gasteiger partial charge is 0.322 e. The molecule has 4 heteroatoms. The Balaban J connectivity index is 2.94. The average Bonchev–Trinajstić information content (AvgIpc) is 2.03. The third-order valence-corrected chi connectivity index (χ3v) is 3.33. The molecule has 1 aromatic heterocycles. The van der Waals surface area contributed by atoms with E-state index >= 15 is 0 Å². The second-order valence-electron chi connectivity index (χ2n) is 3.17. The lowest BCUT2D eigenvalue weighted by Gasteiger charge is -2.15. The summed E-state index contributed by atoms with van der Waals surface area (Å²) in [5, 5.41) is 0. The fraction of sp³-hybridized carbons (Fsp3) is 0.375. The summed E-state index contributed by atoms with van der Waals surface area (Å²) in [6.45, 7) is 3.37. The molecule has 0 fully saturated rings. The van der Waals surface area contributed by atoms with Gasteiger partial charge in [0.15, 0.2) is 0 Å². The van der Waals surface area contributed by atoms with E-state index < -0.39 is 7.14 Å². The van der Waals surface area contributed by atoms with Crippen LogP contribution in [0.4, 0.5) is 0 Å². The van der Waals surface area contributed by atoms with Gasteiger partial charge in [-0.3, -0.25) is 4.98 Å². The molecular formula is C8H13N2OP. The molecule has 0 aliphatic rings. The Bertz CT molecular complexity index is 293. The lowest BCUT2D eigenvalue weighted by molar-refractivity contribution is 0.574. The van der Waals surface area contributed by atoms with Crippen molar-refractivity contribution in [2.45, 2.75) is 5.78 Å². The SMILES string of the molecule is CP(C)(=O)[C@H](N)c1cccnc1.